The highest BCUT2D eigenvalue weighted by Gasteiger charge is 2.31. The van der Waals surface area contributed by atoms with Crippen molar-refractivity contribution >= 4 is 27.5 Å². The van der Waals surface area contributed by atoms with Crippen molar-refractivity contribution in [1.29, 1.82) is 0 Å². The maximum atomic E-state index is 12.9. The molecular weight excluding hydrogens is 320 g/mol. The van der Waals surface area contributed by atoms with Gasteiger partial charge in [0.05, 0.1) is 18.2 Å². The lowest BCUT2D eigenvalue weighted by Crippen LogP contribution is -2.35. The van der Waals surface area contributed by atoms with Gasteiger partial charge in [-0.05, 0) is 12.0 Å². The fourth-order valence-corrected chi connectivity index (χ4v) is 4.94. The van der Waals surface area contributed by atoms with Crippen LogP contribution in [0.4, 0.5) is 5.69 Å². The van der Waals surface area contributed by atoms with Crippen LogP contribution >= 0.6 is 11.8 Å². The molecule has 0 aromatic carbocycles. The molecule has 0 amide bonds. The molecule has 6 nitrogen and oxygen atoms in total. The predicted octanol–water partition coefficient (Wildman–Crippen LogP) is 2.24. The molecule has 0 radical (unpaired) electrons. The summed E-state index contributed by atoms with van der Waals surface area (Å²) >= 11 is 1.65. The first-order chi connectivity index (χ1) is 10.5. The number of sulfonamides is 1. The number of pyridine rings is 1. The summed E-state index contributed by atoms with van der Waals surface area (Å²) in [5.41, 5.74) is 0.636. The van der Waals surface area contributed by atoms with E-state index in [0.29, 0.717) is 18.2 Å². The van der Waals surface area contributed by atoms with Crippen LogP contribution in [-0.2, 0) is 16.6 Å². The Labute approximate surface area is 134 Å². The van der Waals surface area contributed by atoms with Gasteiger partial charge in [-0.1, -0.05) is 13.8 Å². The number of imidazole rings is 1. The Morgan fingerprint density at radius 1 is 1.41 bits per heavy atom. The van der Waals surface area contributed by atoms with E-state index >= 15 is 0 Å². The lowest BCUT2D eigenvalue weighted by molar-refractivity contribution is 0.521. The summed E-state index contributed by atoms with van der Waals surface area (Å²) in [4.78, 5) is 9.09. The molecule has 3 heterocycles. The monoisotopic (exact) mass is 338 g/mol. The van der Waals surface area contributed by atoms with Gasteiger partial charge in [-0.2, -0.15) is 8.42 Å². The standard InChI is InChI=1S/C14H18N4O2S2/c1-11(2)8-17-9-14(16-10-17)22(19,20)18-5-6-21-13-3-4-15-7-12(13)18/h3-4,7,9-11H,5-6,8H2,1-2H3. The first kappa shape index (κ1) is 15.4. The smallest absolute Gasteiger partial charge is 0.283 e. The van der Waals surface area contributed by atoms with Crippen molar-refractivity contribution in [2.24, 2.45) is 5.92 Å². The number of hydrogen-bond acceptors (Lipinski definition) is 5. The van der Waals surface area contributed by atoms with Gasteiger partial charge in [0, 0.05) is 36.1 Å². The quantitative estimate of drug-likeness (QED) is 0.855. The fraction of sp³-hybridized carbons (Fsp3) is 0.429. The maximum Gasteiger partial charge on any atom is 0.283 e. The third-order valence-corrected chi connectivity index (χ3v) is 6.06. The summed E-state index contributed by atoms with van der Waals surface area (Å²) in [6.45, 7) is 5.34. The van der Waals surface area contributed by atoms with Gasteiger partial charge in [0.1, 0.15) is 0 Å². The van der Waals surface area contributed by atoms with Crippen molar-refractivity contribution in [3.63, 3.8) is 0 Å². The maximum absolute atomic E-state index is 12.9. The predicted molar refractivity (Wildman–Crippen MR) is 86.6 cm³/mol. The second-order valence-corrected chi connectivity index (χ2v) is 8.52. The summed E-state index contributed by atoms with van der Waals surface area (Å²) in [6, 6.07) is 1.85. The first-order valence-electron chi connectivity index (χ1n) is 7.10. The zero-order valence-electron chi connectivity index (χ0n) is 12.5. The van der Waals surface area contributed by atoms with Crippen LogP contribution in [0.5, 0.6) is 0 Å². The van der Waals surface area contributed by atoms with Crippen molar-refractivity contribution in [1.82, 2.24) is 14.5 Å². The van der Waals surface area contributed by atoms with Gasteiger partial charge >= 0.3 is 0 Å². The highest BCUT2D eigenvalue weighted by Crippen LogP contribution is 2.36. The molecule has 3 rings (SSSR count). The van der Waals surface area contributed by atoms with Gasteiger partial charge < -0.3 is 4.57 Å². The summed E-state index contributed by atoms with van der Waals surface area (Å²) in [5.74, 6) is 1.16. The Morgan fingerprint density at radius 3 is 3.00 bits per heavy atom. The SMILES string of the molecule is CC(C)Cn1cnc(S(=O)(=O)N2CCSc3ccncc32)c1. The van der Waals surface area contributed by atoms with Gasteiger partial charge in [0.2, 0.25) is 0 Å². The highest BCUT2D eigenvalue weighted by atomic mass is 32.2. The summed E-state index contributed by atoms with van der Waals surface area (Å²) in [6.07, 6.45) is 6.46. The molecule has 0 saturated heterocycles. The molecule has 0 fully saturated rings. The Kier molecular flexibility index (Phi) is 4.14. The van der Waals surface area contributed by atoms with Crippen molar-refractivity contribution in [3.05, 3.63) is 31.0 Å². The van der Waals surface area contributed by atoms with Crippen LogP contribution in [0.3, 0.4) is 0 Å². The fourth-order valence-electron chi connectivity index (χ4n) is 2.40. The Bertz CT molecular complexity index is 771. The number of anilines is 1. The number of rotatable bonds is 4. The minimum absolute atomic E-state index is 0.0925. The molecule has 0 N–H and O–H groups in total. The zero-order chi connectivity index (χ0) is 15.7. The van der Waals surface area contributed by atoms with Gasteiger partial charge in [-0.3, -0.25) is 9.29 Å². The van der Waals surface area contributed by atoms with Crippen LogP contribution in [0.25, 0.3) is 0 Å². The van der Waals surface area contributed by atoms with E-state index in [1.54, 1.807) is 36.7 Å². The molecular formula is C14H18N4O2S2. The Balaban J connectivity index is 1.95. The third kappa shape index (κ3) is 2.85. The van der Waals surface area contributed by atoms with Crippen LogP contribution in [-0.4, -0.2) is 35.3 Å². The van der Waals surface area contributed by atoms with E-state index in [1.165, 1.54) is 4.31 Å². The lowest BCUT2D eigenvalue weighted by Gasteiger charge is -2.28. The van der Waals surface area contributed by atoms with E-state index < -0.39 is 10.0 Å². The summed E-state index contributed by atoms with van der Waals surface area (Å²) in [5, 5.41) is 0.0925. The molecule has 2 aromatic heterocycles. The molecule has 8 heteroatoms. The molecule has 0 atom stereocenters. The van der Waals surface area contributed by atoms with E-state index in [0.717, 1.165) is 17.2 Å². The number of thioether (sulfide) groups is 1. The van der Waals surface area contributed by atoms with Crippen LogP contribution in [0.2, 0.25) is 0 Å². The Morgan fingerprint density at radius 2 is 2.23 bits per heavy atom. The van der Waals surface area contributed by atoms with E-state index in [4.69, 9.17) is 0 Å². The van der Waals surface area contributed by atoms with E-state index in [1.807, 2.05) is 10.6 Å². The molecule has 0 unspecified atom stereocenters. The minimum Gasteiger partial charge on any atom is -0.336 e. The van der Waals surface area contributed by atoms with E-state index in [-0.39, 0.29) is 5.03 Å². The summed E-state index contributed by atoms with van der Waals surface area (Å²) < 4.78 is 29.0. The second-order valence-electron chi connectivity index (χ2n) is 5.57. The van der Waals surface area contributed by atoms with E-state index in [2.05, 4.69) is 23.8 Å². The van der Waals surface area contributed by atoms with Crippen molar-refractivity contribution in [2.45, 2.75) is 30.3 Å². The van der Waals surface area contributed by atoms with Gasteiger partial charge in [-0.15, -0.1) is 11.8 Å². The average Bonchev–Trinajstić information content (AvgIpc) is 2.95. The van der Waals surface area contributed by atoms with Gasteiger partial charge in [0.15, 0.2) is 5.03 Å². The second kappa shape index (κ2) is 5.92. The van der Waals surface area contributed by atoms with Crippen molar-refractivity contribution in [2.75, 3.05) is 16.6 Å². The number of aromatic nitrogens is 3. The number of fused-ring (bicyclic) bond motifs is 1. The van der Waals surface area contributed by atoms with Crippen LogP contribution in [0.1, 0.15) is 13.8 Å². The van der Waals surface area contributed by atoms with Crippen molar-refractivity contribution < 1.29 is 8.42 Å². The van der Waals surface area contributed by atoms with E-state index in [9.17, 15) is 8.42 Å². The Hall–Kier alpha value is -1.54. The molecule has 22 heavy (non-hydrogen) atoms. The molecule has 1 aliphatic rings. The third-order valence-electron chi connectivity index (χ3n) is 3.32. The lowest BCUT2D eigenvalue weighted by atomic mass is 10.2. The number of nitrogens with zero attached hydrogens (tertiary/aromatic N) is 4. The molecule has 0 spiro atoms. The molecule has 0 bridgehead atoms. The van der Waals surface area contributed by atoms with Crippen molar-refractivity contribution in [3.8, 4) is 0 Å². The molecule has 0 saturated carbocycles. The molecule has 0 aliphatic carbocycles. The topological polar surface area (TPSA) is 68.1 Å². The number of hydrogen-bond donors (Lipinski definition) is 0. The first-order valence-corrected chi connectivity index (χ1v) is 9.52. The minimum atomic E-state index is -3.64. The largest absolute Gasteiger partial charge is 0.336 e. The zero-order valence-corrected chi connectivity index (χ0v) is 14.1. The van der Waals surface area contributed by atoms with Crippen LogP contribution in [0.15, 0.2) is 40.9 Å². The summed E-state index contributed by atoms with van der Waals surface area (Å²) in [7, 11) is -3.64. The van der Waals surface area contributed by atoms with Gasteiger partial charge in [-0.25, -0.2) is 4.98 Å². The average molecular weight is 338 g/mol. The van der Waals surface area contributed by atoms with Crippen LogP contribution in [0, 0.1) is 5.92 Å². The molecule has 2 aromatic rings. The van der Waals surface area contributed by atoms with Crippen LogP contribution < -0.4 is 4.31 Å². The molecule has 1 aliphatic heterocycles. The highest BCUT2D eigenvalue weighted by molar-refractivity contribution is 8.00. The normalized spacial score (nSPS) is 15.1. The van der Waals surface area contributed by atoms with Gasteiger partial charge in [0.25, 0.3) is 10.0 Å². The molecule has 118 valence electrons.